The summed E-state index contributed by atoms with van der Waals surface area (Å²) in [4.78, 5) is 28.1. The summed E-state index contributed by atoms with van der Waals surface area (Å²) in [6.45, 7) is 0. The molecule has 3 aromatic rings. The van der Waals surface area contributed by atoms with Gasteiger partial charge in [-0.25, -0.2) is 18.6 Å². The third kappa shape index (κ3) is 4.12. The van der Waals surface area contributed by atoms with Crippen molar-refractivity contribution in [3.05, 3.63) is 69.7 Å². The molecule has 0 fully saturated rings. The Balaban J connectivity index is 1.85. The van der Waals surface area contributed by atoms with Crippen molar-refractivity contribution in [3.63, 3.8) is 0 Å². The lowest BCUT2D eigenvalue weighted by Crippen LogP contribution is -2.15. The van der Waals surface area contributed by atoms with Gasteiger partial charge in [0.25, 0.3) is 5.91 Å². The van der Waals surface area contributed by atoms with E-state index in [0.29, 0.717) is 16.1 Å². The zero-order valence-corrected chi connectivity index (χ0v) is 15.3. The smallest absolute Gasteiger partial charge is 0.340 e. The number of esters is 1. The molecular formula is C18H11ClF2N2O3S. The standard InChI is InChI=1S/C18H11ClF2N2O3S/c1-26-18(25)11-6-14(13(21)7-12(11)20)22-16(24)15-8-27-17(23-15)9-3-2-4-10(19)5-9/h2-8H,1H3,(H,22,24). The first kappa shape index (κ1) is 18.9. The molecule has 0 spiro atoms. The van der Waals surface area contributed by atoms with Crippen LogP contribution in [0, 0.1) is 11.6 Å². The molecule has 1 N–H and O–H groups in total. The molecule has 2 aromatic carbocycles. The minimum absolute atomic E-state index is 0.0401. The molecule has 0 saturated heterocycles. The fourth-order valence-electron chi connectivity index (χ4n) is 2.23. The molecule has 3 rings (SSSR count). The van der Waals surface area contributed by atoms with Crippen LogP contribution in [0.4, 0.5) is 14.5 Å². The predicted molar refractivity (Wildman–Crippen MR) is 98.2 cm³/mol. The van der Waals surface area contributed by atoms with E-state index in [4.69, 9.17) is 11.6 Å². The van der Waals surface area contributed by atoms with Gasteiger partial charge in [-0.1, -0.05) is 23.7 Å². The van der Waals surface area contributed by atoms with Crippen molar-refractivity contribution in [1.29, 1.82) is 0 Å². The highest BCUT2D eigenvalue weighted by molar-refractivity contribution is 7.13. The van der Waals surface area contributed by atoms with E-state index >= 15 is 0 Å². The lowest BCUT2D eigenvalue weighted by Gasteiger charge is -2.08. The molecule has 0 saturated carbocycles. The van der Waals surface area contributed by atoms with Crippen LogP contribution in [0.1, 0.15) is 20.8 Å². The minimum atomic E-state index is -1.09. The van der Waals surface area contributed by atoms with Gasteiger partial charge in [0.1, 0.15) is 22.3 Å². The molecule has 1 aromatic heterocycles. The summed E-state index contributed by atoms with van der Waals surface area (Å²) in [5, 5.41) is 4.85. The number of amides is 1. The summed E-state index contributed by atoms with van der Waals surface area (Å²) < 4.78 is 32.1. The van der Waals surface area contributed by atoms with E-state index in [1.54, 1.807) is 24.3 Å². The van der Waals surface area contributed by atoms with E-state index in [1.807, 2.05) is 0 Å². The highest BCUT2D eigenvalue weighted by atomic mass is 35.5. The molecule has 9 heteroatoms. The van der Waals surface area contributed by atoms with E-state index in [9.17, 15) is 18.4 Å². The van der Waals surface area contributed by atoms with Gasteiger partial charge >= 0.3 is 5.97 Å². The van der Waals surface area contributed by atoms with Gasteiger partial charge in [-0.2, -0.15) is 0 Å². The second kappa shape index (κ2) is 7.81. The van der Waals surface area contributed by atoms with Crippen LogP contribution in [0.25, 0.3) is 10.6 Å². The third-order valence-corrected chi connectivity index (χ3v) is 4.65. The number of anilines is 1. The molecule has 0 unspecified atom stereocenters. The topological polar surface area (TPSA) is 68.3 Å². The molecule has 5 nitrogen and oxygen atoms in total. The van der Waals surface area contributed by atoms with Crippen LogP contribution in [-0.4, -0.2) is 24.0 Å². The number of nitrogens with one attached hydrogen (secondary N) is 1. The number of carbonyl (C=O) groups excluding carboxylic acids is 2. The van der Waals surface area contributed by atoms with Crippen LogP contribution < -0.4 is 5.32 Å². The Labute approximate surface area is 161 Å². The Hall–Kier alpha value is -2.84. The normalized spacial score (nSPS) is 10.5. The zero-order valence-electron chi connectivity index (χ0n) is 13.8. The van der Waals surface area contributed by atoms with Gasteiger partial charge in [0.05, 0.1) is 18.4 Å². The largest absolute Gasteiger partial charge is 0.465 e. The first-order valence-corrected chi connectivity index (χ1v) is 8.75. The number of thiazole rings is 1. The molecule has 27 heavy (non-hydrogen) atoms. The van der Waals surface area contributed by atoms with E-state index in [-0.39, 0.29) is 11.4 Å². The molecule has 0 radical (unpaired) electrons. The van der Waals surface area contributed by atoms with Crippen molar-refractivity contribution < 1.29 is 23.1 Å². The fourth-order valence-corrected chi connectivity index (χ4v) is 3.22. The Morgan fingerprint density at radius 1 is 1.19 bits per heavy atom. The number of rotatable bonds is 4. The summed E-state index contributed by atoms with van der Waals surface area (Å²) in [5.41, 5.74) is -0.0861. The van der Waals surface area contributed by atoms with Crippen molar-refractivity contribution in [1.82, 2.24) is 4.98 Å². The quantitative estimate of drug-likeness (QED) is 0.631. The number of aromatic nitrogens is 1. The number of halogens is 3. The van der Waals surface area contributed by atoms with Gasteiger partial charge in [-0.15, -0.1) is 11.3 Å². The minimum Gasteiger partial charge on any atom is -0.465 e. The summed E-state index contributed by atoms with van der Waals surface area (Å²) in [6.07, 6.45) is 0. The van der Waals surface area contributed by atoms with Crippen molar-refractivity contribution in [2.75, 3.05) is 12.4 Å². The Bertz CT molecular complexity index is 1040. The summed E-state index contributed by atoms with van der Waals surface area (Å²) in [6, 6.07) is 8.32. The summed E-state index contributed by atoms with van der Waals surface area (Å²) >= 11 is 7.15. The van der Waals surface area contributed by atoms with Crippen molar-refractivity contribution in [2.45, 2.75) is 0 Å². The maximum atomic E-state index is 13.9. The third-order valence-electron chi connectivity index (χ3n) is 3.52. The van der Waals surface area contributed by atoms with Gasteiger partial charge in [0.15, 0.2) is 0 Å². The van der Waals surface area contributed by atoms with Gasteiger partial charge in [-0.05, 0) is 18.2 Å². The SMILES string of the molecule is COC(=O)c1cc(NC(=O)c2csc(-c3cccc(Cl)c3)n2)c(F)cc1F. The van der Waals surface area contributed by atoms with E-state index in [1.165, 1.54) is 16.7 Å². The lowest BCUT2D eigenvalue weighted by atomic mass is 10.1. The van der Waals surface area contributed by atoms with Crippen LogP contribution in [0.2, 0.25) is 5.02 Å². The maximum absolute atomic E-state index is 13.9. The van der Waals surface area contributed by atoms with Crippen molar-refractivity contribution >= 4 is 40.5 Å². The summed E-state index contributed by atoms with van der Waals surface area (Å²) in [7, 11) is 1.07. The number of nitrogens with zero attached hydrogens (tertiary/aromatic N) is 1. The van der Waals surface area contributed by atoms with Crippen LogP contribution in [0.15, 0.2) is 41.8 Å². The molecule has 0 aliphatic rings. The van der Waals surface area contributed by atoms with Gasteiger partial charge in [0, 0.05) is 22.0 Å². The molecular weight excluding hydrogens is 398 g/mol. The number of methoxy groups -OCH3 is 1. The van der Waals surface area contributed by atoms with Gasteiger partial charge in [0.2, 0.25) is 0 Å². The zero-order chi connectivity index (χ0) is 19.6. The first-order chi connectivity index (χ1) is 12.9. The van der Waals surface area contributed by atoms with Crippen molar-refractivity contribution in [2.24, 2.45) is 0 Å². The van der Waals surface area contributed by atoms with E-state index in [0.717, 1.165) is 18.7 Å². The second-order valence-corrected chi connectivity index (χ2v) is 6.60. The Kier molecular flexibility index (Phi) is 5.48. The second-order valence-electron chi connectivity index (χ2n) is 5.31. The highest BCUT2D eigenvalue weighted by Gasteiger charge is 2.19. The van der Waals surface area contributed by atoms with Crippen molar-refractivity contribution in [3.8, 4) is 10.6 Å². The molecule has 0 atom stereocenters. The monoisotopic (exact) mass is 408 g/mol. The van der Waals surface area contributed by atoms with E-state index < -0.39 is 29.1 Å². The predicted octanol–water partition coefficient (Wildman–Crippen LogP) is 4.78. The van der Waals surface area contributed by atoms with Crippen LogP contribution in [0.5, 0.6) is 0 Å². The fraction of sp³-hybridized carbons (Fsp3) is 0.0556. The number of hydrogen-bond donors (Lipinski definition) is 1. The number of ether oxygens (including phenoxy) is 1. The number of benzene rings is 2. The van der Waals surface area contributed by atoms with Crippen LogP contribution in [-0.2, 0) is 4.74 Å². The number of carbonyl (C=O) groups is 2. The Morgan fingerprint density at radius 2 is 1.96 bits per heavy atom. The average Bonchev–Trinajstić information content (AvgIpc) is 3.13. The van der Waals surface area contributed by atoms with Gasteiger partial charge in [-0.3, -0.25) is 4.79 Å². The molecule has 0 aliphatic carbocycles. The van der Waals surface area contributed by atoms with Crippen LogP contribution >= 0.6 is 22.9 Å². The summed E-state index contributed by atoms with van der Waals surface area (Å²) in [5.74, 6) is -3.81. The Morgan fingerprint density at radius 3 is 2.67 bits per heavy atom. The molecule has 1 heterocycles. The van der Waals surface area contributed by atoms with Gasteiger partial charge < -0.3 is 10.1 Å². The van der Waals surface area contributed by atoms with Crippen LogP contribution in [0.3, 0.4) is 0 Å². The van der Waals surface area contributed by atoms with E-state index in [2.05, 4.69) is 15.0 Å². The molecule has 0 aliphatic heterocycles. The average molecular weight is 409 g/mol. The number of hydrogen-bond acceptors (Lipinski definition) is 5. The molecule has 0 bridgehead atoms. The molecule has 1 amide bonds. The highest BCUT2D eigenvalue weighted by Crippen LogP contribution is 2.27. The molecule has 138 valence electrons. The maximum Gasteiger partial charge on any atom is 0.340 e. The first-order valence-electron chi connectivity index (χ1n) is 7.49. The lowest BCUT2D eigenvalue weighted by molar-refractivity contribution is 0.0595.